The Labute approximate surface area is 116 Å². The van der Waals surface area contributed by atoms with E-state index in [2.05, 4.69) is 20.9 Å². The normalized spacial score (nSPS) is 13.6. The summed E-state index contributed by atoms with van der Waals surface area (Å²) in [6.45, 7) is 3.92. The van der Waals surface area contributed by atoms with Crippen LogP contribution in [0.15, 0.2) is 16.7 Å². The third kappa shape index (κ3) is 4.94. The van der Waals surface area contributed by atoms with Crippen molar-refractivity contribution in [2.75, 3.05) is 5.75 Å². The summed E-state index contributed by atoms with van der Waals surface area (Å²) in [4.78, 5) is 4.04. The Bertz CT molecular complexity index is 490. The van der Waals surface area contributed by atoms with Gasteiger partial charge in [0.15, 0.2) is 9.84 Å². The first-order chi connectivity index (χ1) is 7.84. The van der Waals surface area contributed by atoms with Gasteiger partial charge in [0.2, 0.25) is 0 Å². The van der Waals surface area contributed by atoms with E-state index in [4.69, 9.17) is 11.6 Å². The van der Waals surface area contributed by atoms with Crippen LogP contribution in [0.5, 0.6) is 0 Å². The molecule has 1 heterocycles. The van der Waals surface area contributed by atoms with E-state index in [0.717, 1.165) is 6.42 Å². The maximum Gasteiger partial charge on any atom is 0.156 e. The lowest BCUT2D eigenvalue weighted by Gasteiger charge is -2.10. The first-order valence-corrected chi connectivity index (χ1v) is 8.33. The Morgan fingerprint density at radius 2 is 2.18 bits per heavy atom. The van der Waals surface area contributed by atoms with Crippen molar-refractivity contribution >= 4 is 37.4 Å². The van der Waals surface area contributed by atoms with E-state index in [9.17, 15) is 8.42 Å². The minimum Gasteiger partial charge on any atom is -0.257 e. The van der Waals surface area contributed by atoms with Crippen LogP contribution in [0, 0.1) is 5.92 Å². The largest absolute Gasteiger partial charge is 0.257 e. The number of hydrogen-bond acceptors (Lipinski definition) is 3. The van der Waals surface area contributed by atoms with Crippen molar-refractivity contribution in [3.05, 3.63) is 27.5 Å². The van der Waals surface area contributed by atoms with Crippen molar-refractivity contribution in [1.29, 1.82) is 0 Å². The van der Waals surface area contributed by atoms with Crippen molar-refractivity contribution in [2.45, 2.75) is 26.0 Å². The van der Waals surface area contributed by atoms with Gasteiger partial charge in [-0.1, -0.05) is 31.9 Å². The second-order valence-corrected chi connectivity index (χ2v) is 7.55. The summed E-state index contributed by atoms with van der Waals surface area (Å²) in [7, 11) is -3.12. The molecule has 0 amide bonds. The lowest BCUT2D eigenvalue weighted by atomic mass is 10.2. The molecule has 0 aromatic carbocycles. The Morgan fingerprint density at radius 1 is 1.53 bits per heavy atom. The van der Waals surface area contributed by atoms with E-state index in [0.29, 0.717) is 15.2 Å². The average molecular weight is 341 g/mol. The molecule has 17 heavy (non-hydrogen) atoms. The van der Waals surface area contributed by atoms with Crippen molar-refractivity contribution in [3.8, 4) is 0 Å². The molecule has 1 atom stereocenters. The van der Waals surface area contributed by atoms with E-state index in [1.165, 1.54) is 6.20 Å². The zero-order valence-corrected chi connectivity index (χ0v) is 12.9. The maximum absolute atomic E-state index is 11.9. The second-order valence-electron chi connectivity index (χ2n) is 4.15. The van der Waals surface area contributed by atoms with E-state index in [1.807, 2.05) is 13.8 Å². The molecule has 0 aliphatic heterocycles. The van der Waals surface area contributed by atoms with Gasteiger partial charge in [-0.3, -0.25) is 4.98 Å². The zero-order valence-electron chi connectivity index (χ0n) is 9.78. The fourth-order valence-electron chi connectivity index (χ4n) is 1.37. The summed E-state index contributed by atoms with van der Waals surface area (Å²) >= 11 is 9.02. The molecule has 1 aromatic heterocycles. The van der Waals surface area contributed by atoms with Gasteiger partial charge in [-0.25, -0.2) is 8.42 Å². The molecule has 3 nitrogen and oxygen atoms in total. The smallest absolute Gasteiger partial charge is 0.156 e. The van der Waals surface area contributed by atoms with Gasteiger partial charge < -0.3 is 0 Å². The van der Waals surface area contributed by atoms with Crippen LogP contribution in [0.1, 0.15) is 26.0 Å². The minimum absolute atomic E-state index is 0.0465. The van der Waals surface area contributed by atoms with Gasteiger partial charge in [0.05, 0.1) is 22.2 Å². The minimum atomic E-state index is -3.12. The fraction of sp³-hybridized carbons (Fsp3) is 0.545. The SMILES string of the molecule is CCC(C)CS(=O)(=O)Cc1ncc(Cl)cc1Br. The van der Waals surface area contributed by atoms with Crippen LogP contribution in [0.2, 0.25) is 5.02 Å². The molecule has 1 unspecified atom stereocenters. The van der Waals surface area contributed by atoms with Crippen molar-refractivity contribution < 1.29 is 8.42 Å². The summed E-state index contributed by atoms with van der Waals surface area (Å²) in [6, 6.07) is 1.66. The van der Waals surface area contributed by atoms with Gasteiger partial charge in [-0.05, 0) is 27.9 Å². The highest BCUT2D eigenvalue weighted by atomic mass is 79.9. The molecule has 0 spiro atoms. The molecule has 0 radical (unpaired) electrons. The Hall–Kier alpha value is -0.130. The van der Waals surface area contributed by atoms with Gasteiger partial charge >= 0.3 is 0 Å². The molecular weight excluding hydrogens is 326 g/mol. The van der Waals surface area contributed by atoms with Gasteiger partial charge in [0, 0.05) is 10.7 Å². The Kier molecular flexibility index (Phi) is 5.41. The summed E-state index contributed by atoms with van der Waals surface area (Å²) in [6.07, 6.45) is 2.31. The number of pyridine rings is 1. The number of sulfone groups is 1. The van der Waals surface area contributed by atoms with Crippen LogP contribution in [0.4, 0.5) is 0 Å². The van der Waals surface area contributed by atoms with E-state index in [1.54, 1.807) is 6.07 Å². The van der Waals surface area contributed by atoms with Crippen molar-refractivity contribution in [1.82, 2.24) is 4.98 Å². The highest BCUT2D eigenvalue weighted by molar-refractivity contribution is 9.10. The predicted octanol–water partition coefficient (Wildman–Crippen LogP) is 3.46. The first kappa shape index (κ1) is 14.9. The van der Waals surface area contributed by atoms with Crippen molar-refractivity contribution in [3.63, 3.8) is 0 Å². The lowest BCUT2D eigenvalue weighted by molar-refractivity contribution is 0.563. The summed E-state index contributed by atoms with van der Waals surface area (Å²) in [5.74, 6) is 0.320. The molecule has 0 N–H and O–H groups in total. The third-order valence-corrected chi connectivity index (χ3v) is 5.16. The number of rotatable bonds is 5. The molecular formula is C11H15BrClNO2S. The van der Waals surface area contributed by atoms with Crippen LogP contribution in [-0.4, -0.2) is 19.2 Å². The van der Waals surface area contributed by atoms with Gasteiger partial charge in [0.1, 0.15) is 0 Å². The summed E-state index contributed by atoms with van der Waals surface area (Å²) in [5.41, 5.74) is 0.512. The third-order valence-electron chi connectivity index (χ3n) is 2.48. The molecule has 0 fully saturated rings. The monoisotopic (exact) mass is 339 g/mol. The second kappa shape index (κ2) is 6.16. The molecule has 0 saturated carbocycles. The van der Waals surface area contributed by atoms with Gasteiger partial charge in [-0.15, -0.1) is 0 Å². The van der Waals surface area contributed by atoms with Gasteiger partial charge in [0.25, 0.3) is 0 Å². The quantitative estimate of drug-likeness (QED) is 0.824. The lowest BCUT2D eigenvalue weighted by Crippen LogP contribution is -2.16. The standard InChI is InChI=1S/C11H15BrClNO2S/c1-3-8(2)6-17(15,16)7-11-10(12)4-9(13)5-14-11/h4-5,8H,3,6-7H2,1-2H3. The fourth-order valence-corrected chi connectivity index (χ4v) is 4.20. The summed E-state index contributed by atoms with van der Waals surface area (Å²) in [5, 5.41) is 0.486. The number of halogens is 2. The molecule has 0 saturated heterocycles. The molecule has 0 aliphatic rings. The van der Waals surface area contributed by atoms with Crippen LogP contribution in [0.25, 0.3) is 0 Å². The number of nitrogens with zero attached hydrogens (tertiary/aromatic N) is 1. The Balaban J connectivity index is 2.83. The molecule has 96 valence electrons. The van der Waals surface area contributed by atoms with E-state index in [-0.39, 0.29) is 17.4 Å². The predicted molar refractivity (Wildman–Crippen MR) is 73.9 cm³/mol. The summed E-state index contributed by atoms with van der Waals surface area (Å²) < 4.78 is 24.5. The maximum atomic E-state index is 11.9. The van der Waals surface area contributed by atoms with Crippen LogP contribution >= 0.6 is 27.5 Å². The molecule has 6 heteroatoms. The van der Waals surface area contributed by atoms with Crippen LogP contribution < -0.4 is 0 Å². The van der Waals surface area contributed by atoms with Crippen LogP contribution in [0.3, 0.4) is 0 Å². The highest BCUT2D eigenvalue weighted by Crippen LogP contribution is 2.21. The topological polar surface area (TPSA) is 47.0 Å². The van der Waals surface area contributed by atoms with E-state index >= 15 is 0 Å². The Morgan fingerprint density at radius 3 is 2.71 bits per heavy atom. The highest BCUT2D eigenvalue weighted by Gasteiger charge is 2.18. The van der Waals surface area contributed by atoms with E-state index < -0.39 is 9.84 Å². The van der Waals surface area contributed by atoms with Gasteiger partial charge in [-0.2, -0.15) is 0 Å². The molecule has 1 aromatic rings. The first-order valence-electron chi connectivity index (χ1n) is 5.34. The molecule has 1 rings (SSSR count). The average Bonchev–Trinajstić information content (AvgIpc) is 2.21. The zero-order chi connectivity index (χ0) is 13.1. The van der Waals surface area contributed by atoms with Crippen LogP contribution in [-0.2, 0) is 15.6 Å². The number of aromatic nitrogens is 1. The van der Waals surface area contributed by atoms with Crippen molar-refractivity contribution in [2.24, 2.45) is 5.92 Å². The number of hydrogen-bond donors (Lipinski definition) is 0. The molecule has 0 bridgehead atoms. The molecule has 0 aliphatic carbocycles.